The highest BCUT2D eigenvalue weighted by Gasteiger charge is 2.07. The van der Waals surface area contributed by atoms with Gasteiger partial charge in [-0.05, 0) is 31.0 Å². The predicted molar refractivity (Wildman–Crippen MR) is 109 cm³/mol. The number of ketones is 1. The number of nitrogens with one attached hydrogen (secondary N) is 1. The summed E-state index contributed by atoms with van der Waals surface area (Å²) in [6.07, 6.45) is 1.65. The first-order valence-corrected chi connectivity index (χ1v) is 10.1. The molecule has 5 nitrogen and oxygen atoms in total. The fourth-order valence-corrected chi connectivity index (χ4v) is 2.50. The van der Waals surface area contributed by atoms with Gasteiger partial charge in [0.15, 0.2) is 5.78 Å². The van der Waals surface area contributed by atoms with Crippen LogP contribution in [0.1, 0.15) is 59.1 Å². The van der Waals surface area contributed by atoms with Gasteiger partial charge in [-0.3, -0.25) is 4.79 Å². The number of benzene rings is 1. The van der Waals surface area contributed by atoms with Crippen LogP contribution in [0.3, 0.4) is 0 Å². The second-order valence-electron chi connectivity index (χ2n) is 7.45. The molecule has 0 unspecified atom stereocenters. The second-order valence-corrected chi connectivity index (χ2v) is 7.45. The number of rotatable bonds is 15. The van der Waals surface area contributed by atoms with E-state index < -0.39 is 0 Å². The Labute approximate surface area is 164 Å². The minimum absolute atomic E-state index is 0.0394. The number of carbonyl (C=O) groups is 1. The first-order valence-electron chi connectivity index (χ1n) is 10.1. The molecule has 1 N–H and O–H groups in total. The maximum absolute atomic E-state index is 11.4. The Morgan fingerprint density at radius 2 is 1.48 bits per heavy atom. The highest BCUT2D eigenvalue weighted by Crippen LogP contribution is 2.18. The molecule has 0 amide bonds. The molecule has 1 aromatic rings. The van der Waals surface area contributed by atoms with Gasteiger partial charge in [-0.1, -0.05) is 39.8 Å². The summed E-state index contributed by atoms with van der Waals surface area (Å²) in [6.45, 7) is 12.9. The lowest BCUT2D eigenvalue weighted by atomic mass is 10.1. The van der Waals surface area contributed by atoms with Crippen LogP contribution >= 0.6 is 0 Å². The van der Waals surface area contributed by atoms with Gasteiger partial charge in [-0.15, -0.1) is 0 Å². The van der Waals surface area contributed by atoms with E-state index in [-0.39, 0.29) is 18.3 Å². The molecule has 0 saturated carbocycles. The van der Waals surface area contributed by atoms with Crippen LogP contribution in [-0.4, -0.2) is 44.9 Å². The molecule has 0 aromatic heterocycles. The molecule has 0 aliphatic heterocycles. The van der Waals surface area contributed by atoms with E-state index in [4.69, 9.17) is 14.2 Å². The fourth-order valence-electron chi connectivity index (χ4n) is 2.50. The number of hydrogen-bond donors (Lipinski definition) is 1. The Morgan fingerprint density at radius 1 is 0.889 bits per heavy atom. The zero-order valence-corrected chi connectivity index (χ0v) is 17.6. The van der Waals surface area contributed by atoms with E-state index >= 15 is 0 Å². The lowest BCUT2D eigenvalue weighted by molar-refractivity contribution is -0.126. The molecule has 5 heteroatoms. The zero-order chi connectivity index (χ0) is 20.1. The number of ether oxygens (including phenoxy) is 3. The highest BCUT2D eigenvalue weighted by atomic mass is 16.5. The summed E-state index contributed by atoms with van der Waals surface area (Å²) in [5.41, 5.74) is 1.26. The van der Waals surface area contributed by atoms with E-state index in [0.29, 0.717) is 38.5 Å². The Hall–Kier alpha value is -1.43. The summed E-state index contributed by atoms with van der Waals surface area (Å²) < 4.78 is 16.6. The average molecular weight is 380 g/mol. The Kier molecular flexibility index (Phi) is 12.0. The highest BCUT2D eigenvalue weighted by molar-refractivity contribution is 5.81. The molecule has 0 aliphatic rings. The van der Waals surface area contributed by atoms with Gasteiger partial charge < -0.3 is 19.5 Å². The van der Waals surface area contributed by atoms with E-state index in [0.717, 1.165) is 18.6 Å². The van der Waals surface area contributed by atoms with Crippen LogP contribution in [0, 0.1) is 5.92 Å². The summed E-state index contributed by atoms with van der Waals surface area (Å²) in [5, 5.41) is 3.49. The number of carbonyl (C=O) groups excluding carboxylic acids is 1. The molecule has 0 spiro atoms. The molecule has 0 aliphatic carbocycles. The van der Waals surface area contributed by atoms with Crippen LogP contribution < -0.4 is 10.1 Å². The third-order valence-corrected chi connectivity index (χ3v) is 4.13. The molecule has 0 radical (unpaired) electrons. The maximum Gasteiger partial charge on any atom is 0.160 e. The normalized spacial score (nSPS) is 12.6. The van der Waals surface area contributed by atoms with Crippen molar-refractivity contribution in [2.45, 2.75) is 59.5 Å². The minimum Gasteiger partial charge on any atom is -0.494 e. The SMILES string of the molecule is CC(C)N[C@H](C)c1ccc(OCCCOCCCOCC(=O)C(C)C)cc1. The molecule has 154 valence electrons. The van der Waals surface area contributed by atoms with E-state index in [1.54, 1.807) is 0 Å². The molecule has 0 bridgehead atoms. The molecular weight excluding hydrogens is 342 g/mol. The van der Waals surface area contributed by atoms with Gasteiger partial charge in [-0.2, -0.15) is 0 Å². The molecular formula is C22H37NO4. The van der Waals surface area contributed by atoms with Crippen molar-refractivity contribution in [3.63, 3.8) is 0 Å². The lowest BCUT2D eigenvalue weighted by Crippen LogP contribution is -2.25. The van der Waals surface area contributed by atoms with Gasteiger partial charge in [0.05, 0.1) is 6.61 Å². The largest absolute Gasteiger partial charge is 0.494 e. The monoisotopic (exact) mass is 379 g/mol. The quantitative estimate of drug-likeness (QED) is 0.464. The molecule has 0 saturated heterocycles. The Bertz CT molecular complexity index is 514. The molecule has 27 heavy (non-hydrogen) atoms. The van der Waals surface area contributed by atoms with Crippen molar-refractivity contribution in [3.05, 3.63) is 29.8 Å². The van der Waals surface area contributed by atoms with Gasteiger partial charge in [0, 0.05) is 44.2 Å². The lowest BCUT2D eigenvalue weighted by Gasteiger charge is -2.17. The van der Waals surface area contributed by atoms with Crippen molar-refractivity contribution in [3.8, 4) is 5.75 Å². The summed E-state index contributed by atoms with van der Waals surface area (Å²) in [7, 11) is 0. The van der Waals surface area contributed by atoms with E-state index in [2.05, 4.69) is 38.2 Å². The number of Topliss-reactive ketones (excluding diaryl/α,β-unsaturated/α-hetero) is 1. The summed E-state index contributed by atoms with van der Waals surface area (Å²) in [4.78, 5) is 11.4. The summed E-state index contributed by atoms with van der Waals surface area (Å²) in [5.74, 6) is 1.07. The van der Waals surface area contributed by atoms with Crippen molar-refractivity contribution in [1.82, 2.24) is 5.32 Å². The number of hydrogen-bond acceptors (Lipinski definition) is 5. The standard InChI is InChI=1S/C22H37NO4/c1-17(2)22(24)16-26-14-6-12-25-13-7-15-27-21-10-8-20(9-11-21)19(5)23-18(3)4/h8-11,17-19,23H,6-7,12-16H2,1-5H3/t19-/m1/s1. The van der Waals surface area contributed by atoms with Crippen LogP contribution in [0.25, 0.3) is 0 Å². The van der Waals surface area contributed by atoms with Gasteiger partial charge in [-0.25, -0.2) is 0 Å². The van der Waals surface area contributed by atoms with Crippen molar-refractivity contribution in [2.75, 3.05) is 33.0 Å². The first kappa shape index (κ1) is 23.6. The Balaban J connectivity index is 2.03. The van der Waals surface area contributed by atoms with E-state index in [1.807, 2.05) is 26.0 Å². The predicted octanol–water partition coefficient (Wildman–Crippen LogP) is 4.16. The van der Waals surface area contributed by atoms with Gasteiger partial charge in [0.1, 0.15) is 12.4 Å². The van der Waals surface area contributed by atoms with Crippen molar-refractivity contribution < 1.29 is 19.0 Å². The molecule has 1 rings (SSSR count). The van der Waals surface area contributed by atoms with Gasteiger partial charge in [0.2, 0.25) is 0 Å². The van der Waals surface area contributed by atoms with Crippen molar-refractivity contribution in [2.24, 2.45) is 5.92 Å². The third-order valence-electron chi connectivity index (χ3n) is 4.13. The topological polar surface area (TPSA) is 56.8 Å². The Morgan fingerprint density at radius 3 is 2.07 bits per heavy atom. The summed E-state index contributed by atoms with van der Waals surface area (Å²) in [6, 6.07) is 9.05. The van der Waals surface area contributed by atoms with Gasteiger partial charge in [0.25, 0.3) is 0 Å². The van der Waals surface area contributed by atoms with Crippen LogP contribution in [0.15, 0.2) is 24.3 Å². The van der Waals surface area contributed by atoms with Crippen LogP contribution in [0.2, 0.25) is 0 Å². The minimum atomic E-state index is 0.0394. The van der Waals surface area contributed by atoms with Crippen molar-refractivity contribution >= 4 is 5.78 Å². The van der Waals surface area contributed by atoms with Gasteiger partial charge >= 0.3 is 0 Å². The second kappa shape index (κ2) is 13.7. The first-order chi connectivity index (χ1) is 12.9. The zero-order valence-electron chi connectivity index (χ0n) is 17.6. The van der Waals surface area contributed by atoms with Crippen LogP contribution in [0.5, 0.6) is 5.75 Å². The molecule has 1 atom stereocenters. The fraction of sp³-hybridized carbons (Fsp3) is 0.682. The van der Waals surface area contributed by atoms with E-state index in [1.165, 1.54) is 5.56 Å². The van der Waals surface area contributed by atoms with Crippen LogP contribution in [0.4, 0.5) is 0 Å². The molecule has 0 heterocycles. The van der Waals surface area contributed by atoms with Crippen LogP contribution in [-0.2, 0) is 14.3 Å². The third kappa shape index (κ3) is 11.1. The van der Waals surface area contributed by atoms with Crippen molar-refractivity contribution in [1.29, 1.82) is 0 Å². The maximum atomic E-state index is 11.4. The average Bonchev–Trinajstić information content (AvgIpc) is 2.62. The van der Waals surface area contributed by atoms with E-state index in [9.17, 15) is 4.79 Å². The molecule has 1 aromatic carbocycles. The molecule has 0 fully saturated rings. The summed E-state index contributed by atoms with van der Waals surface area (Å²) >= 11 is 0. The smallest absolute Gasteiger partial charge is 0.160 e.